The molecule has 1 aliphatic heterocycles. The molecule has 2 aromatic heterocycles. The van der Waals surface area contributed by atoms with Crippen molar-refractivity contribution >= 4 is 28.5 Å². The van der Waals surface area contributed by atoms with Gasteiger partial charge >= 0.3 is 0 Å². The Balaban J connectivity index is 1.90. The van der Waals surface area contributed by atoms with Crippen LogP contribution >= 0.6 is 11.8 Å². The van der Waals surface area contributed by atoms with Crippen molar-refractivity contribution in [3.63, 3.8) is 0 Å². The number of nitrogen functional groups attached to an aromatic ring is 1. The molecule has 19 heavy (non-hydrogen) atoms. The van der Waals surface area contributed by atoms with Crippen LogP contribution in [-0.2, 0) is 11.5 Å². The fraction of sp³-hybridized carbons (Fsp3) is 0.143. The lowest BCUT2D eigenvalue weighted by Gasteiger charge is -2.03. The Morgan fingerprint density at radius 3 is 2.95 bits per heavy atom. The van der Waals surface area contributed by atoms with Crippen LogP contribution in [0.2, 0.25) is 0 Å². The molecule has 0 spiro atoms. The highest BCUT2D eigenvalue weighted by molar-refractivity contribution is 7.98. The maximum absolute atomic E-state index is 6.00. The molecule has 0 bridgehead atoms. The molecule has 0 radical (unpaired) electrons. The first-order valence-corrected chi connectivity index (χ1v) is 7.19. The lowest BCUT2D eigenvalue weighted by atomic mass is 10.2. The molecule has 94 valence electrons. The highest BCUT2D eigenvalue weighted by Gasteiger charge is 2.20. The molecule has 0 unspecified atom stereocenters. The summed E-state index contributed by atoms with van der Waals surface area (Å²) in [5, 5.41) is 1.05. The zero-order chi connectivity index (χ0) is 12.8. The van der Waals surface area contributed by atoms with Gasteiger partial charge in [0.15, 0.2) is 11.6 Å². The van der Waals surface area contributed by atoms with E-state index in [1.165, 1.54) is 0 Å². The number of fused-ring (bicyclic) bond motifs is 2. The van der Waals surface area contributed by atoms with E-state index in [0.717, 1.165) is 33.7 Å². The number of nitrogens with two attached hydrogens (primary N) is 1. The Bertz CT molecular complexity index is 748. The summed E-state index contributed by atoms with van der Waals surface area (Å²) in [4.78, 5) is 8.94. The molecular formula is C14H11N3OS. The zero-order valence-electron chi connectivity index (χ0n) is 10.1. The second-order valence-electron chi connectivity index (χ2n) is 4.50. The summed E-state index contributed by atoms with van der Waals surface area (Å²) >= 11 is 1.81. The molecule has 4 nitrogen and oxygen atoms in total. The van der Waals surface area contributed by atoms with Crippen molar-refractivity contribution in [1.82, 2.24) is 9.97 Å². The van der Waals surface area contributed by atoms with E-state index >= 15 is 0 Å². The molecule has 5 heteroatoms. The minimum Gasteiger partial charge on any atom is -0.453 e. The number of nitrogens with zero attached hydrogens (tertiary/aromatic N) is 2. The number of hydrogen-bond acceptors (Lipinski definition) is 5. The largest absolute Gasteiger partial charge is 0.453 e. The number of furan rings is 1. The average Bonchev–Trinajstić information content (AvgIpc) is 3.04. The third-order valence-electron chi connectivity index (χ3n) is 3.26. The van der Waals surface area contributed by atoms with Crippen LogP contribution in [0.25, 0.3) is 22.6 Å². The van der Waals surface area contributed by atoms with Crippen LogP contribution in [0.1, 0.15) is 11.3 Å². The van der Waals surface area contributed by atoms with Crippen LogP contribution in [-0.4, -0.2) is 9.97 Å². The molecule has 4 rings (SSSR count). The Labute approximate surface area is 114 Å². The molecule has 0 saturated carbocycles. The van der Waals surface area contributed by atoms with E-state index in [-0.39, 0.29) is 0 Å². The third kappa shape index (κ3) is 1.69. The molecule has 0 saturated heterocycles. The molecule has 1 aromatic carbocycles. The van der Waals surface area contributed by atoms with Gasteiger partial charge in [-0.15, -0.1) is 0 Å². The molecule has 3 aromatic rings. The summed E-state index contributed by atoms with van der Waals surface area (Å²) in [7, 11) is 0. The van der Waals surface area contributed by atoms with Crippen LogP contribution in [0.5, 0.6) is 0 Å². The van der Waals surface area contributed by atoms with Gasteiger partial charge < -0.3 is 10.2 Å². The van der Waals surface area contributed by atoms with Gasteiger partial charge in [-0.1, -0.05) is 18.2 Å². The quantitative estimate of drug-likeness (QED) is 0.734. The zero-order valence-corrected chi connectivity index (χ0v) is 10.9. The number of hydrogen-bond donors (Lipinski definition) is 1. The molecule has 0 amide bonds. The minimum atomic E-state index is 0.574. The first kappa shape index (κ1) is 10.9. The van der Waals surface area contributed by atoms with Gasteiger partial charge in [0.05, 0.1) is 5.69 Å². The molecule has 0 aliphatic carbocycles. The lowest BCUT2D eigenvalue weighted by Crippen LogP contribution is -2.02. The van der Waals surface area contributed by atoms with Crippen molar-refractivity contribution in [2.24, 2.45) is 0 Å². The number of thioether (sulfide) groups is 1. The van der Waals surface area contributed by atoms with Crippen molar-refractivity contribution in [1.29, 1.82) is 0 Å². The van der Waals surface area contributed by atoms with Gasteiger partial charge in [-0.25, -0.2) is 9.97 Å². The Morgan fingerprint density at radius 1 is 1.16 bits per heavy atom. The van der Waals surface area contributed by atoms with E-state index < -0.39 is 0 Å². The molecule has 0 atom stereocenters. The van der Waals surface area contributed by atoms with Crippen LogP contribution in [0, 0.1) is 0 Å². The van der Waals surface area contributed by atoms with Crippen LogP contribution in [0.3, 0.4) is 0 Å². The number of benzene rings is 1. The molecule has 1 aliphatic rings. The molecule has 2 N–H and O–H groups in total. The highest BCUT2D eigenvalue weighted by Crippen LogP contribution is 2.34. The highest BCUT2D eigenvalue weighted by atomic mass is 32.2. The van der Waals surface area contributed by atoms with E-state index in [0.29, 0.717) is 17.4 Å². The van der Waals surface area contributed by atoms with Gasteiger partial charge in [0.25, 0.3) is 0 Å². The van der Waals surface area contributed by atoms with Crippen molar-refractivity contribution in [3.8, 4) is 11.6 Å². The van der Waals surface area contributed by atoms with Crippen LogP contribution in [0.4, 0.5) is 5.82 Å². The van der Waals surface area contributed by atoms with E-state index in [9.17, 15) is 0 Å². The number of para-hydroxylation sites is 1. The van der Waals surface area contributed by atoms with Gasteiger partial charge in [-0.3, -0.25) is 0 Å². The normalized spacial score (nSPS) is 13.9. The number of rotatable bonds is 1. The molecule has 0 fully saturated rings. The first-order chi connectivity index (χ1) is 9.31. The molecule has 3 heterocycles. The predicted molar refractivity (Wildman–Crippen MR) is 76.7 cm³/mol. The van der Waals surface area contributed by atoms with Crippen molar-refractivity contribution < 1.29 is 4.42 Å². The van der Waals surface area contributed by atoms with Gasteiger partial charge in [0.2, 0.25) is 0 Å². The second-order valence-corrected chi connectivity index (χ2v) is 5.48. The predicted octanol–water partition coefficient (Wildman–Crippen LogP) is 3.22. The van der Waals surface area contributed by atoms with E-state index in [4.69, 9.17) is 10.2 Å². The van der Waals surface area contributed by atoms with E-state index in [1.54, 1.807) is 0 Å². The lowest BCUT2D eigenvalue weighted by molar-refractivity contribution is 0.625. The Kier molecular flexibility index (Phi) is 2.29. The monoisotopic (exact) mass is 269 g/mol. The third-order valence-corrected chi connectivity index (χ3v) is 4.23. The first-order valence-electron chi connectivity index (χ1n) is 6.03. The van der Waals surface area contributed by atoms with E-state index in [1.807, 2.05) is 42.1 Å². The standard InChI is InChI=1S/C14H11N3OS/c15-13-9-6-19-7-10(9)16-14(17-13)12-5-8-3-1-2-4-11(8)18-12/h1-5H,6-7H2,(H2,15,16,17). The van der Waals surface area contributed by atoms with Crippen LogP contribution < -0.4 is 5.73 Å². The van der Waals surface area contributed by atoms with Crippen molar-refractivity contribution in [3.05, 3.63) is 41.6 Å². The maximum Gasteiger partial charge on any atom is 0.197 e. The summed E-state index contributed by atoms with van der Waals surface area (Å²) in [5.41, 5.74) is 8.95. The van der Waals surface area contributed by atoms with Gasteiger partial charge in [-0.2, -0.15) is 11.8 Å². The summed E-state index contributed by atoms with van der Waals surface area (Å²) in [6.07, 6.45) is 0. The van der Waals surface area contributed by atoms with Crippen molar-refractivity contribution in [2.75, 3.05) is 5.73 Å². The number of anilines is 1. The minimum absolute atomic E-state index is 0.574. The maximum atomic E-state index is 6.00. The summed E-state index contributed by atoms with van der Waals surface area (Å²) in [6.45, 7) is 0. The fourth-order valence-electron chi connectivity index (χ4n) is 2.28. The SMILES string of the molecule is Nc1nc(-c2cc3ccccc3o2)nc2c1CSC2. The second kappa shape index (κ2) is 3.99. The van der Waals surface area contributed by atoms with Gasteiger partial charge in [0, 0.05) is 22.5 Å². The summed E-state index contributed by atoms with van der Waals surface area (Å²) < 4.78 is 5.78. The van der Waals surface area contributed by atoms with Gasteiger partial charge in [-0.05, 0) is 12.1 Å². The number of aromatic nitrogens is 2. The summed E-state index contributed by atoms with van der Waals surface area (Å²) in [5.74, 6) is 3.63. The smallest absolute Gasteiger partial charge is 0.197 e. The Morgan fingerprint density at radius 2 is 2.05 bits per heavy atom. The van der Waals surface area contributed by atoms with Crippen LogP contribution in [0.15, 0.2) is 34.7 Å². The summed E-state index contributed by atoms with van der Waals surface area (Å²) in [6, 6.07) is 9.83. The van der Waals surface area contributed by atoms with Gasteiger partial charge in [0.1, 0.15) is 11.4 Å². The Hall–Kier alpha value is -2.01. The molecular weight excluding hydrogens is 258 g/mol. The van der Waals surface area contributed by atoms with E-state index in [2.05, 4.69) is 9.97 Å². The fourth-order valence-corrected chi connectivity index (χ4v) is 3.33. The topological polar surface area (TPSA) is 64.9 Å². The van der Waals surface area contributed by atoms with Crippen molar-refractivity contribution in [2.45, 2.75) is 11.5 Å². The average molecular weight is 269 g/mol.